The lowest BCUT2D eigenvalue weighted by Crippen LogP contribution is -2.09. The van der Waals surface area contributed by atoms with Gasteiger partial charge in [-0.05, 0) is 18.5 Å². The molecule has 1 N–H and O–H groups in total. The molecule has 0 fully saturated rings. The van der Waals surface area contributed by atoms with Crippen LogP contribution in [0.15, 0.2) is 42.4 Å². The first kappa shape index (κ1) is 8.69. The summed E-state index contributed by atoms with van der Waals surface area (Å²) in [5, 5.41) is 9.27. The van der Waals surface area contributed by atoms with Crippen molar-refractivity contribution in [2.24, 2.45) is 0 Å². The third-order valence-electron chi connectivity index (χ3n) is 3.22. The fraction of sp³-hybridized carbons (Fsp3) is 0.200. The van der Waals surface area contributed by atoms with E-state index < -0.39 is 17.6 Å². The van der Waals surface area contributed by atoms with Crippen LogP contribution in [0.1, 0.15) is 38.2 Å². The van der Waals surface area contributed by atoms with E-state index in [1.54, 1.807) is 30.3 Å². The Morgan fingerprint density at radius 2 is 2.05 bits per heavy atom. The summed E-state index contributed by atoms with van der Waals surface area (Å²) in [6.45, 7) is 0.143. The highest BCUT2D eigenvalue weighted by molar-refractivity contribution is 6.08. The highest BCUT2D eigenvalue weighted by Gasteiger charge is 2.31. The van der Waals surface area contributed by atoms with Crippen molar-refractivity contribution in [2.45, 2.75) is 18.9 Å². The van der Waals surface area contributed by atoms with E-state index in [2.05, 4.69) is 0 Å². The summed E-state index contributed by atoms with van der Waals surface area (Å²) in [4.78, 5) is 24.0. The van der Waals surface area contributed by atoms with E-state index in [9.17, 15) is 14.7 Å². The SMILES string of the molecule is [2H]c1c([2H])c2n(c1C(=O)c1ccccc1)CCC2([2H])C(=O)O. The predicted molar refractivity (Wildman–Crippen MR) is 69.3 cm³/mol. The molecule has 96 valence electrons. The Morgan fingerprint density at radius 3 is 2.74 bits per heavy atom. The van der Waals surface area contributed by atoms with Gasteiger partial charge >= 0.3 is 5.97 Å². The largest absolute Gasteiger partial charge is 0.481 e. The summed E-state index contributed by atoms with van der Waals surface area (Å²) in [5.41, 5.74) is 0.278. The van der Waals surface area contributed by atoms with E-state index in [-0.39, 0.29) is 36.4 Å². The van der Waals surface area contributed by atoms with Gasteiger partial charge in [0.1, 0.15) is 0 Å². The number of hydrogen-bond donors (Lipinski definition) is 1. The highest BCUT2D eigenvalue weighted by atomic mass is 16.4. The second kappa shape index (κ2) is 4.39. The Hall–Kier alpha value is -2.36. The molecule has 1 aliphatic rings. The average molecular weight is 258 g/mol. The van der Waals surface area contributed by atoms with Gasteiger partial charge in [0.15, 0.2) is 0 Å². The number of carboxylic acid groups (broad SMARTS) is 1. The van der Waals surface area contributed by atoms with Crippen LogP contribution in [-0.4, -0.2) is 21.4 Å². The molecule has 1 aromatic heterocycles. The Balaban J connectivity index is 2.19. The lowest BCUT2D eigenvalue weighted by Gasteiger charge is -2.05. The number of nitrogens with zero attached hydrogens (tertiary/aromatic N) is 1. The summed E-state index contributed by atoms with van der Waals surface area (Å²) in [6, 6.07) is 7.68. The zero-order valence-corrected chi connectivity index (χ0v) is 10.0. The van der Waals surface area contributed by atoms with Gasteiger partial charge in [-0.15, -0.1) is 0 Å². The van der Waals surface area contributed by atoms with Crippen molar-refractivity contribution in [3.8, 4) is 0 Å². The first-order valence-electron chi connectivity index (χ1n) is 7.41. The predicted octanol–water partition coefficient (Wildman–Crippen LogP) is 2.29. The molecule has 0 amide bonds. The standard InChI is InChI=1S/C15H13NO3/c17-14(10-4-2-1-3-5-10)13-7-6-12-11(15(18)19)8-9-16(12)13/h1-7,11H,8-9H2,(H,18,19)/i6D,7D,11D. The minimum atomic E-state index is -1.97. The topological polar surface area (TPSA) is 59.3 Å². The van der Waals surface area contributed by atoms with Crippen molar-refractivity contribution in [1.29, 1.82) is 0 Å². The Labute approximate surface area is 114 Å². The molecule has 2 heterocycles. The molecule has 4 nitrogen and oxygen atoms in total. The van der Waals surface area contributed by atoms with Crippen LogP contribution in [0.3, 0.4) is 0 Å². The minimum Gasteiger partial charge on any atom is -0.481 e. The number of carbonyl (C=O) groups is 2. The molecule has 4 heteroatoms. The van der Waals surface area contributed by atoms with E-state index in [0.717, 1.165) is 0 Å². The fourth-order valence-electron chi connectivity index (χ4n) is 2.28. The van der Waals surface area contributed by atoms with Crippen molar-refractivity contribution in [3.63, 3.8) is 0 Å². The van der Waals surface area contributed by atoms with Crippen molar-refractivity contribution >= 4 is 11.8 Å². The molecular weight excluding hydrogens is 242 g/mol. The Morgan fingerprint density at radius 1 is 1.32 bits per heavy atom. The number of ketones is 1. The number of benzene rings is 1. The molecule has 1 atom stereocenters. The van der Waals surface area contributed by atoms with Gasteiger partial charge in [-0.25, -0.2) is 0 Å². The zero-order valence-electron chi connectivity index (χ0n) is 13.0. The Kier molecular flexibility index (Phi) is 2.01. The van der Waals surface area contributed by atoms with E-state index in [1.807, 2.05) is 0 Å². The summed E-state index contributed by atoms with van der Waals surface area (Å²) < 4.78 is 25.4. The normalized spacial score (nSPS) is 23.3. The van der Waals surface area contributed by atoms with Crippen molar-refractivity contribution in [3.05, 3.63) is 59.4 Å². The van der Waals surface area contributed by atoms with Gasteiger partial charge in [0.25, 0.3) is 0 Å². The van der Waals surface area contributed by atoms with Gasteiger partial charge in [-0.3, -0.25) is 9.59 Å². The molecule has 2 aromatic rings. The molecular formula is C15H13NO3. The third kappa shape index (κ3) is 1.85. The number of fused-ring (bicyclic) bond motifs is 1. The first-order valence-corrected chi connectivity index (χ1v) is 5.91. The highest BCUT2D eigenvalue weighted by Crippen LogP contribution is 2.31. The maximum absolute atomic E-state index is 12.6. The molecule has 19 heavy (non-hydrogen) atoms. The molecule has 3 rings (SSSR count). The number of aliphatic carboxylic acids is 1. The van der Waals surface area contributed by atoms with Crippen LogP contribution < -0.4 is 0 Å². The van der Waals surface area contributed by atoms with Crippen molar-refractivity contribution in [2.75, 3.05) is 0 Å². The second-order valence-electron chi connectivity index (χ2n) is 4.33. The van der Waals surface area contributed by atoms with Crippen LogP contribution in [0.2, 0.25) is 0 Å². The molecule has 0 radical (unpaired) electrons. The zero-order chi connectivity index (χ0) is 16.1. The van der Waals surface area contributed by atoms with E-state index >= 15 is 0 Å². The maximum Gasteiger partial charge on any atom is 0.312 e. The van der Waals surface area contributed by atoms with E-state index in [0.29, 0.717) is 5.56 Å². The van der Waals surface area contributed by atoms with Gasteiger partial charge in [-0.1, -0.05) is 30.3 Å². The maximum atomic E-state index is 12.6. The van der Waals surface area contributed by atoms with Crippen LogP contribution in [0.4, 0.5) is 0 Å². The number of carboxylic acids is 1. The van der Waals surface area contributed by atoms with Gasteiger partial charge in [0, 0.05) is 19.2 Å². The van der Waals surface area contributed by atoms with Crippen LogP contribution in [0, 0.1) is 0 Å². The number of carbonyl (C=O) groups excluding carboxylic acids is 1. The Bertz CT molecular complexity index is 785. The van der Waals surface area contributed by atoms with Crippen molar-refractivity contribution < 1.29 is 18.8 Å². The molecule has 1 aromatic carbocycles. The van der Waals surface area contributed by atoms with Crippen LogP contribution in [0.25, 0.3) is 0 Å². The molecule has 0 bridgehead atoms. The number of rotatable bonds is 3. The summed E-state index contributed by atoms with van der Waals surface area (Å²) in [7, 11) is 0. The van der Waals surface area contributed by atoms with Gasteiger partial charge in [0.05, 0.1) is 14.3 Å². The molecule has 0 saturated heterocycles. The molecule has 0 aliphatic carbocycles. The molecule has 1 unspecified atom stereocenters. The van der Waals surface area contributed by atoms with Crippen LogP contribution >= 0.6 is 0 Å². The molecule has 0 saturated carbocycles. The summed E-state index contributed by atoms with van der Waals surface area (Å²) in [5.74, 6) is -3.77. The molecule has 1 aliphatic heterocycles. The fourth-order valence-corrected chi connectivity index (χ4v) is 2.28. The van der Waals surface area contributed by atoms with Crippen LogP contribution in [-0.2, 0) is 11.3 Å². The number of hydrogen-bond acceptors (Lipinski definition) is 2. The lowest BCUT2D eigenvalue weighted by molar-refractivity contribution is -0.138. The molecule has 0 spiro atoms. The number of aromatic nitrogens is 1. The lowest BCUT2D eigenvalue weighted by atomic mass is 10.1. The minimum absolute atomic E-state index is 0.0124. The van der Waals surface area contributed by atoms with Crippen LogP contribution in [0.5, 0.6) is 0 Å². The van der Waals surface area contributed by atoms with Crippen molar-refractivity contribution in [1.82, 2.24) is 4.57 Å². The monoisotopic (exact) mass is 258 g/mol. The first-order chi connectivity index (χ1) is 10.4. The second-order valence-corrected chi connectivity index (χ2v) is 4.33. The van der Waals surface area contributed by atoms with Gasteiger partial charge < -0.3 is 9.67 Å². The summed E-state index contributed by atoms with van der Waals surface area (Å²) >= 11 is 0. The summed E-state index contributed by atoms with van der Waals surface area (Å²) in [6.07, 6.45) is -0.0150. The van der Waals surface area contributed by atoms with Gasteiger partial charge in [0.2, 0.25) is 5.78 Å². The van der Waals surface area contributed by atoms with Gasteiger partial charge in [-0.2, -0.15) is 0 Å². The average Bonchev–Trinajstić information content (AvgIpc) is 2.98. The quantitative estimate of drug-likeness (QED) is 0.859. The smallest absolute Gasteiger partial charge is 0.312 e. The van der Waals surface area contributed by atoms with E-state index in [4.69, 9.17) is 4.11 Å². The third-order valence-corrected chi connectivity index (χ3v) is 3.22. The van der Waals surface area contributed by atoms with E-state index in [1.165, 1.54) is 4.57 Å².